The molecule has 2 aromatic heterocycles. The number of likely N-dealkylation sites (tertiary alicyclic amines) is 1. The number of thiophene rings is 1. The Bertz CT molecular complexity index is 658. The fourth-order valence-electron chi connectivity index (χ4n) is 3.32. The van der Waals surface area contributed by atoms with Gasteiger partial charge in [-0.1, -0.05) is 6.07 Å². The Morgan fingerprint density at radius 2 is 2.09 bits per heavy atom. The summed E-state index contributed by atoms with van der Waals surface area (Å²) >= 11 is 1.80. The van der Waals surface area contributed by atoms with Crippen molar-refractivity contribution in [1.82, 2.24) is 19.4 Å². The van der Waals surface area contributed by atoms with Crippen molar-refractivity contribution in [2.45, 2.75) is 32.5 Å². The van der Waals surface area contributed by atoms with E-state index in [1.165, 1.54) is 4.88 Å². The second kappa shape index (κ2) is 5.85. The molecular formula is C16H20N4OS. The summed E-state index contributed by atoms with van der Waals surface area (Å²) in [5.74, 6) is 1.17. The number of fused-ring (bicyclic) bond motifs is 1. The summed E-state index contributed by atoms with van der Waals surface area (Å²) in [4.78, 5) is 22.8. The van der Waals surface area contributed by atoms with Crippen LogP contribution in [0.5, 0.6) is 0 Å². The molecule has 0 atom stereocenters. The molecule has 0 N–H and O–H groups in total. The van der Waals surface area contributed by atoms with E-state index in [0.29, 0.717) is 0 Å². The van der Waals surface area contributed by atoms with Gasteiger partial charge in [-0.25, -0.2) is 4.98 Å². The van der Waals surface area contributed by atoms with Crippen LogP contribution in [0.3, 0.4) is 0 Å². The summed E-state index contributed by atoms with van der Waals surface area (Å²) in [5, 5.41) is 2.12. The predicted molar refractivity (Wildman–Crippen MR) is 85.8 cm³/mol. The highest BCUT2D eigenvalue weighted by Gasteiger charge is 2.27. The molecule has 22 heavy (non-hydrogen) atoms. The van der Waals surface area contributed by atoms with Crippen LogP contribution >= 0.6 is 11.3 Å². The van der Waals surface area contributed by atoms with Crippen LogP contribution in [0.4, 0.5) is 0 Å². The second-order valence-corrected chi connectivity index (χ2v) is 7.03. The molecule has 5 nitrogen and oxygen atoms in total. The largest absolute Gasteiger partial charge is 0.337 e. The molecular weight excluding hydrogens is 296 g/mol. The van der Waals surface area contributed by atoms with Gasteiger partial charge in [0.05, 0.1) is 12.7 Å². The van der Waals surface area contributed by atoms with Crippen LogP contribution in [0.15, 0.2) is 23.7 Å². The number of nitrogens with zero attached hydrogens (tertiary/aromatic N) is 4. The van der Waals surface area contributed by atoms with Crippen molar-refractivity contribution in [1.29, 1.82) is 0 Å². The fraction of sp³-hybridized carbons (Fsp3) is 0.500. The Labute approximate surface area is 134 Å². The quantitative estimate of drug-likeness (QED) is 0.872. The third-order valence-corrected chi connectivity index (χ3v) is 5.38. The molecule has 1 amide bonds. The number of amides is 1. The van der Waals surface area contributed by atoms with Gasteiger partial charge in [0.25, 0.3) is 5.91 Å². The van der Waals surface area contributed by atoms with Crippen LogP contribution < -0.4 is 0 Å². The van der Waals surface area contributed by atoms with Crippen molar-refractivity contribution < 1.29 is 4.79 Å². The third kappa shape index (κ3) is 2.57. The predicted octanol–water partition coefficient (Wildman–Crippen LogP) is 2.20. The molecule has 0 bridgehead atoms. The van der Waals surface area contributed by atoms with E-state index in [0.717, 1.165) is 63.6 Å². The molecule has 2 aromatic rings. The monoisotopic (exact) mass is 316 g/mol. The van der Waals surface area contributed by atoms with Crippen LogP contribution in [0.2, 0.25) is 0 Å². The van der Waals surface area contributed by atoms with E-state index in [-0.39, 0.29) is 5.91 Å². The molecule has 6 heteroatoms. The number of hydrogen-bond donors (Lipinski definition) is 0. The zero-order valence-corrected chi connectivity index (χ0v) is 13.4. The molecule has 4 rings (SSSR count). The number of carbonyl (C=O) groups is 1. The van der Waals surface area contributed by atoms with Gasteiger partial charge >= 0.3 is 0 Å². The smallest absolute Gasteiger partial charge is 0.272 e. The average molecular weight is 316 g/mol. The summed E-state index contributed by atoms with van der Waals surface area (Å²) < 4.78 is 2.12. The lowest BCUT2D eigenvalue weighted by Gasteiger charge is -2.28. The fourth-order valence-corrected chi connectivity index (χ4v) is 4.07. The number of imidazole rings is 1. The third-order valence-electron chi connectivity index (χ3n) is 4.52. The Kier molecular flexibility index (Phi) is 3.72. The van der Waals surface area contributed by atoms with Gasteiger partial charge in [0.2, 0.25) is 0 Å². The molecule has 0 spiro atoms. The minimum absolute atomic E-state index is 0.156. The van der Waals surface area contributed by atoms with Gasteiger partial charge in [0.15, 0.2) is 0 Å². The molecule has 0 unspecified atom stereocenters. The van der Waals surface area contributed by atoms with Crippen molar-refractivity contribution in [2.24, 2.45) is 0 Å². The van der Waals surface area contributed by atoms with Gasteiger partial charge in [0, 0.05) is 37.6 Å². The highest BCUT2D eigenvalue weighted by atomic mass is 32.1. The zero-order chi connectivity index (χ0) is 14.9. The number of carbonyl (C=O) groups excluding carboxylic acids is 1. The van der Waals surface area contributed by atoms with Crippen LogP contribution in [0.25, 0.3) is 0 Å². The van der Waals surface area contributed by atoms with Crippen molar-refractivity contribution in [3.63, 3.8) is 0 Å². The van der Waals surface area contributed by atoms with E-state index < -0.39 is 0 Å². The molecule has 1 saturated heterocycles. The molecule has 1 fully saturated rings. The van der Waals surface area contributed by atoms with Crippen LogP contribution in [0.1, 0.15) is 34.0 Å². The normalized spacial score (nSPS) is 18.6. The maximum absolute atomic E-state index is 12.6. The number of rotatable bonds is 3. The summed E-state index contributed by atoms with van der Waals surface area (Å²) in [5.41, 5.74) is 0.771. The summed E-state index contributed by atoms with van der Waals surface area (Å²) in [6.07, 6.45) is 4.02. The van der Waals surface area contributed by atoms with Gasteiger partial charge in [-0.3, -0.25) is 9.69 Å². The topological polar surface area (TPSA) is 41.4 Å². The van der Waals surface area contributed by atoms with E-state index in [2.05, 4.69) is 32.0 Å². The standard InChI is InChI=1S/C16H20N4OS/c21-16(19-5-1-2-6-19)14-10-17-15-12-18(7-8-20(14)15)11-13-4-3-9-22-13/h3-4,9-10H,1-2,5-8,11-12H2. The first-order valence-corrected chi connectivity index (χ1v) is 8.77. The maximum atomic E-state index is 12.6. The molecule has 0 radical (unpaired) electrons. The Morgan fingerprint density at radius 3 is 2.86 bits per heavy atom. The first kappa shape index (κ1) is 14.0. The number of hydrogen-bond acceptors (Lipinski definition) is 4. The van der Waals surface area contributed by atoms with Gasteiger partial charge in [0.1, 0.15) is 11.5 Å². The highest BCUT2D eigenvalue weighted by molar-refractivity contribution is 7.09. The maximum Gasteiger partial charge on any atom is 0.272 e. The van der Waals surface area contributed by atoms with E-state index >= 15 is 0 Å². The van der Waals surface area contributed by atoms with E-state index in [9.17, 15) is 4.79 Å². The Balaban J connectivity index is 1.48. The Hall–Kier alpha value is -1.66. The SMILES string of the molecule is O=C(c1cnc2n1CCN(Cc1cccs1)C2)N1CCCC1. The van der Waals surface area contributed by atoms with E-state index in [4.69, 9.17) is 0 Å². The molecule has 0 saturated carbocycles. The lowest BCUT2D eigenvalue weighted by molar-refractivity contribution is 0.0777. The Morgan fingerprint density at radius 1 is 1.23 bits per heavy atom. The van der Waals surface area contributed by atoms with Crippen LogP contribution in [-0.4, -0.2) is 44.9 Å². The van der Waals surface area contributed by atoms with Gasteiger partial charge in [-0.15, -0.1) is 11.3 Å². The highest BCUT2D eigenvalue weighted by Crippen LogP contribution is 2.20. The lowest BCUT2D eigenvalue weighted by Crippen LogP contribution is -2.36. The van der Waals surface area contributed by atoms with E-state index in [1.54, 1.807) is 17.5 Å². The summed E-state index contributed by atoms with van der Waals surface area (Å²) in [6, 6.07) is 4.27. The first-order valence-electron chi connectivity index (χ1n) is 7.90. The van der Waals surface area contributed by atoms with Gasteiger partial charge < -0.3 is 9.47 Å². The van der Waals surface area contributed by atoms with Gasteiger partial charge in [-0.05, 0) is 24.3 Å². The molecule has 0 aliphatic carbocycles. The number of aromatic nitrogens is 2. The second-order valence-electron chi connectivity index (χ2n) is 6.00. The van der Waals surface area contributed by atoms with Crippen molar-refractivity contribution in [3.8, 4) is 0 Å². The summed E-state index contributed by atoms with van der Waals surface area (Å²) in [7, 11) is 0. The molecule has 116 valence electrons. The molecule has 4 heterocycles. The first-order chi connectivity index (χ1) is 10.8. The van der Waals surface area contributed by atoms with Crippen molar-refractivity contribution in [3.05, 3.63) is 40.1 Å². The van der Waals surface area contributed by atoms with Crippen molar-refractivity contribution in [2.75, 3.05) is 19.6 Å². The molecule has 0 aromatic carbocycles. The minimum Gasteiger partial charge on any atom is -0.337 e. The summed E-state index contributed by atoms with van der Waals surface area (Å²) in [6.45, 7) is 5.41. The zero-order valence-electron chi connectivity index (χ0n) is 12.6. The van der Waals surface area contributed by atoms with Crippen LogP contribution in [-0.2, 0) is 19.6 Å². The van der Waals surface area contributed by atoms with Gasteiger partial charge in [-0.2, -0.15) is 0 Å². The van der Waals surface area contributed by atoms with Crippen LogP contribution in [0, 0.1) is 0 Å². The van der Waals surface area contributed by atoms with E-state index in [1.807, 2.05) is 4.90 Å². The average Bonchev–Trinajstić information content (AvgIpc) is 3.28. The van der Waals surface area contributed by atoms with Crippen molar-refractivity contribution >= 4 is 17.2 Å². The molecule has 2 aliphatic heterocycles. The minimum atomic E-state index is 0.156. The lowest BCUT2D eigenvalue weighted by atomic mass is 10.3. The molecule has 2 aliphatic rings.